The van der Waals surface area contributed by atoms with Gasteiger partial charge in [-0.05, 0) is 11.6 Å². The molecule has 0 fully saturated rings. The topological polar surface area (TPSA) is 44.0 Å². The summed E-state index contributed by atoms with van der Waals surface area (Å²) in [6.07, 6.45) is -3.63. The smallest absolute Gasteiger partial charge is 0.263 e. The number of benzene rings is 1. The van der Waals surface area contributed by atoms with E-state index in [1.165, 1.54) is 24.3 Å². The molecule has 1 aromatic rings. The van der Waals surface area contributed by atoms with Crippen LogP contribution < -0.4 is 0 Å². The molecule has 1 rings (SSSR count). The van der Waals surface area contributed by atoms with Crippen LogP contribution in [-0.4, -0.2) is 5.11 Å². The van der Waals surface area contributed by atoms with E-state index in [-0.39, 0.29) is 12.0 Å². The molecule has 0 aromatic heterocycles. The Bertz CT molecular complexity index is 346. The van der Waals surface area contributed by atoms with Gasteiger partial charge in [0.1, 0.15) is 0 Å². The Morgan fingerprint density at radius 1 is 1.36 bits per heavy atom. The van der Waals surface area contributed by atoms with Crippen LogP contribution in [0.25, 0.3) is 0 Å². The minimum Gasteiger partial charge on any atom is -0.387 e. The molecular weight excluding hydrogens is 188 g/mol. The summed E-state index contributed by atoms with van der Waals surface area (Å²) in [5, 5.41) is 17.7. The van der Waals surface area contributed by atoms with Gasteiger partial charge in [-0.2, -0.15) is 5.26 Å². The second kappa shape index (κ2) is 4.68. The molecule has 0 saturated heterocycles. The van der Waals surface area contributed by atoms with Crippen molar-refractivity contribution in [1.82, 2.24) is 0 Å². The number of rotatable bonds is 3. The van der Waals surface area contributed by atoms with Crippen LogP contribution >= 0.6 is 0 Å². The summed E-state index contributed by atoms with van der Waals surface area (Å²) >= 11 is 0. The van der Waals surface area contributed by atoms with Gasteiger partial charge in [-0.25, -0.2) is 8.78 Å². The molecule has 1 N–H and O–H groups in total. The molecule has 0 heterocycles. The Balaban J connectivity index is 2.89. The Morgan fingerprint density at radius 3 is 2.57 bits per heavy atom. The largest absolute Gasteiger partial charge is 0.387 e. The number of aliphatic hydroxyl groups is 1. The Labute approximate surface area is 80.4 Å². The van der Waals surface area contributed by atoms with E-state index in [0.29, 0.717) is 5.56 Å². The molecule has 1 aromatic carbocycles. The fraction of sp³-hybridized carbons (Fsp3) is 0.300. The van der Waals surface area contributed by atoms with Crippen molar-refractivity contribution in [3.8, 4) is 6.07 Å². The van der Waals surface area contributed by atoms with Crippen LogP contribution in [0.15, 0.2) is 24.3 Å². The normalized spacial score (nSPS) is 12.5. The number of hydrogen-bond acceptors (Lipinski definition) is 2. The van der Waals surface area contributed by atoms with Gasteiger partial charge in [0.15, 0.2) is 0 Å². The Kier molecular flexibility index (Phi) is 3.55. The van der Waals surface area contributed by atoms with Gasteiger partial charge in [0.2, 0.25) is 0 Å². The SMILES string of the molecule is N#CCC(O)c1cccc(C(F)F)c1. The summed E-state index contributed by atoms with van der Waals surface area (Å²) in [6.45, 7) is 0. The highest BCUT2D eigenvalue weighted by molar-refractivity contribution is 5.26. The van der Waals surface area contributed by atoms with Gasteiger partial charge in [-0.3, -0.25) is 0 Å². The van der Waals surface area contributed by atoms with Gasteiger partial charge < -0.3 is 5.11 Å². The molecule has 1 atom stereocenters. The molecule has 1 unspecified atom stereocenters. The van der Waals surface area contributed by atoms with Gasteiger partial charge in [0.25, 0.3) is 6.43 Å². The summed E-state index contributed by atoms with van der Waals surface area (Å²) in [6, 6.07) is 7.24. The summed E-state index contributed by atoms with van der Waals surface area (Å²) in [7, 11) is 0. The second-order valence-electron chi connectivity index (χ2n) is 2.85. The zero-order valence-corrected chi connectivity index (χ0v) is 7.32. The van der Waals surface area contributed by atoms with Gasteiger partial charge in [0, 0.05) is 5.56 Å². The van der Waals surface area contributed by atoms with Crippen LogP contribution in [0.5, 0.6) is 0 Å². The highest BCUT2D eigenvalue weighted by Crippen LogP contribution is 2.23. The maximum absolute atomic E-state index is 12.2. The van der Waals surface area contributed by atoms with Crippen LogP contribution in [-0.2, 0) is 0 Å². The minimum atomic E-state index is -2.55. The molecule has 4 heteroatoms. The van der Waals surface area contributed by atoms with E-state index in [1.54, 1.807) is 6.07 Å². The van der Waals surface area contributed by atoms with E-state index < -0.39 is 12.5 Å². The van der Waals surface area contributed by atoms with Crippen molar-refractivity contribution in [1.29, 1.82) is 5.26 Å². The van der Waals surface area contributed by atoms with Gasteiger partial charge in [0.05, 0.1) is 18.6 Å². The maximum Gasteiger partial charge on any atom is 0.263 e. The first kappa shape index (κ1) is 10.6. The van der Waals surface area contributed by atoms with E-state index >= 15 is 0 Å². The molecule has 0 amide bonds. The first-order valence-electron chi connectivity index (χ1n) is 4.08. The first-order valence-corrected chi connectivity index (χ1v) is 4.08. The van der Waals surface area contributed by atoms with E-state index in [2.05, 4.69) is 0 Å². The number of hydrogen-bond donors (Lipinski definition) is 1. The summed E-state index contributed by atoms with van der Waals surface area (Å²) in [4.78, 5) is 0. The zero-order chi connectivity index (χ0) is 10.6. The Morgan fingerprint density at radius 2 is 2.00 bits per heavy atom. The van der Waals surface area contributed by atoms with Crippen LogP contribution in [0, 0.1) is 11.3 Å². The number of nitriles is 1. The highest BCUT2D eigenvalue weighted by Gasteiger charge is 2.11. The second-order valence-corrected chi connectivity index (χ2v) is 2.85. The predicted octanol–water partition coefficient (Wildman–Crippen LogP) is 2.57. The lowest BCUT2D eigenvalue weighted by molar-refractivity contribution is 0.150. The maximum atomic E-state index is 12.2. The molecule has 14 heavy (non-hydrogen) atoms. The zero-order valence-electron chi connectivity index (χ0n) is 7.32. The van der Waals surface area contributed by atoms with Crippen LogP contribution in [0.1, 0.15) is 30.1 Å². The quantitative estimate of drug-likeness (QED) is 0.809. The van der Waals surface area contributed by atoms with Crippen molar-refractivity contribution < 1.29 is 13.9 Å². The molecule has 2 nitrogen and oxygen atoms in total. The third kappa shape index (κ3) is 2.51. The van der Waals surface area contributed by atoms with E-state index in [1.807, 2.05) is 0 Å². The predicted molar refractivity (Wildman–Crippen MR) is 46.6 cm³/mol. The molecule has 0 bridgehead atoms. The molecule has 0 spiro atoms. The Hall–Kier alpha value is -1.47. The van der Waals surface area contributed by atoms with Crippen LogP contribution in [0.2, 0.25) is 0 Å². The third-order valence-corrected chi connectivity index (χ3v) is 1.83. The van der Waals surface area contributed by atoms with Gasteiger partial charge >= 0.3 is 0 Å². The number of alkyl halides is 2. The van der Waals surface area contributed by atoms with Crippen molar-refractivity contribution in [3.63, 3.8) is 0 Å². The number of nitrogens with zero attached hydrogens (tertiary/aromatic N) is 1. The van der Waals surface area contributed by atoms with E-state index in [0.717, 1.165) is 0 Å². The first-order chi connectivity index (χ1) is 6.65. The minimum absolute atomic E-state index is 0.0906. The van der Waals surface area contributed by atoms with Crippen molar-refractivity contribution in [2.45, 2.75) is 19.0 Å². The fourth-order valence-corrected chi connectivity index (χ4v) is 1.11. The summed E-state index contributed by atoms with van der Waals surface area (Å²) < 4.78 is 24.5. The summed E-state index contributed by atoms with van der Waals surface area (Å²) in [5.41, 5.74) is 0.212. The molecule has 74 valence electrons. The van der Waals surface area contributed by atoms with Gasteiger partial charge in [-0.1, -0.05) is 18.2 Å². The van der Waals surface area contributed by atoms with Gasteiger partial charge in [-0.15, -0.1) is 0 Å². The van der Waals surface area contributed by atoms with Crippen LogP contribution in [0.3, 0.4) is 0 Å². The van der Waals surface area contributed by atoms with Crippen molar-refractivity contribution in [2.24, 2.45) is 0 Å². The average molecular weight is 197 g/mol. The molecule has 0 saturated carbocycles. The number of halogens is 2. The average Bonchev–Trinajstić information content (AvgIpc) is 2.18. The van der Waals surface area contributed by atoms with E-state index in [9.17, 15) is 13.9 Å². The number of aliphatic hydroxyl groups excluding tert-OH is 1. The fourth-order valence-electron chi connectivity index (χ4n) is 1.11. The lowest BCUT2D eigenvalue weighted by Crippen LogP contribution is -1.97. The standard InChI is InChI=1S/C10H9F2NO/c11-10(12)8-3-1-2-7(6-8)9(14)4-5-13/h1-3,6,9-10,14H,4H2. The van der Waals surface area contributed by atoms with Crippen molar-refractivity contribution in [3.05, 3.63) is 35.4 Å². The van der Waals surface area contributed by atoms with Crippen molar-refractivity contribution >= 4 is 0 Å². The molecule has 0 radical (unpaired) electrons. The lowest BCUT2D eigenvalue weighted by Gasteiger charge is -2.08. The van der Waals surface area contributed by atoms with Crippen molar-refractivity contribution in [2.75, 3.05) is 0 Å². The van der Waals surface area contributed by atoms with E-state index in [4.69, 9.17) is 5.26 Å². The summed E-state index contributed by atoms with van der Waals surface area (Å²) in [5.74, 6) is 0. The van der Waals surface area contributed by atoms with Crippen LogP contribution in [0.4, 0.5) is 8.78 Å². The molecule has 0 aliphatic carbocycles. The third-order valence-electron chi connectivity index (χ3n) is 1.83. The molecular formula is C10H9F2NO. The lowest BCUT2D eigenvalue weighted by atomic mass is 10.0. The molecule has 0 aliphatic heterocycles. The highest BCUT2D eigenvalue weighted by atomic mass is 19.3. The molecule has 0 aliphatic rings. The monoisotopic (exact) mass is 197 g/mol.